The van der Waals surface area contributed by atoms with Gasteiger partial charge >= 0.3 is 0 Å². The molecule has 0 saturated carbocycles. The van der Waals surface area contributed by atoms with Gasteiger partial charge in [0.15, 0.2) is 0 Å². The van der Waals surface area contributed by atoms with E-state index in [2.05, 4.69) is 0 Å². The van der Waals surface area contributed by atoms with Crippen LogP contribution in [-0.4, -0.2) is 17.5 Å². The van der Waals surface area contributed by atoms with E-state index < -0.39 is 17.5 Å². The summed E-state index contributed by atoms with van der Waals surface area (Å²) in [5.74, 6) is -2.24. The van der Waals surface area contributed by atoms with Crippen LogP contribution in [0.4, 0.5) is 14.5 Å². The van der Waals surface area contributed by atoms with Gasteiger partial charge in [-0.25, -0.2) is 14.3 Å². The number of carbonyl (C=O) groups excluding carboxylic acids is 2. The zero-order valence-electron chi connectivity index (χ0n) is 11.3. The molecule has 0 spiro atoms. The lowest BCUT2D eigenvalue weighted by molar-refractivity contribution is -0.107. The second kappa shape index (κ2) is 6.77. The molecule has 2 rings (SSSR count). The number of hydrogen-bond acceptors (Lipinski definition) is 3. The number of benzene rings is 2. The Morgan fingerprint density at radius 3 is 2.41 bits per heavy atom. The van der Waals surface area contributed by atoms with E-state index in [0.29, 0.717) is 18.0 Å². The number of hydrogen-bond donors (Lipinski definition) is 2. The summed E-state index contributed by atoms with van der Waals surface area (Å²) in [6.07, 6.45) is 0.435. The highest BCUT2D eigenvalue weighted by Gasteiger charge is 2.13. The van der Waals surface area contributed by atoms with Gasteiger partial charge in [-0.1, -0.05) is 12.1 Å². The first-order valence-electron chi connectivity index (χ1n) is 6.25. The van der Waals surface area contributed by atoms with Gasteiger partial charge in [0.2, 0.25) is 6.41 Å². The van der Waals surface area contributed by atoms with E-state index in [1.807, 2.05) is 0 Å². The molecule has 0 bridgehead atoms. The van der Waals surface area contributed by atoms with Crippen molar-refractivity contribution in [1.29, 1.82) is 0 Å². The first kappa shape index (κ1) is 15.6. The minimum atomic E-state index is -0.844. The Morgan fingerprint density at radius 2 is 1.86 bits per heavy atom. The van der Waals surface area contributed by atoms with Crippen molar-refractivity contribution < 1.29 is 23.6 Å². The number of hydroxylamine groups is 1. The van der Waals surface area contributed by atoms with Crippen LogP contribution < -0.4 is 10.4 Å². The quantitative estimate of drug-likeness (QED) is 0.506. The molecule has 0 aromatic heterocycles. The predicted octanol–water partition coefficient (Wildman–Crippen LogP) is 2.25. The lowest BCUT2D eigenvalue weighted by Gasteiger charge is -2.18. The molecule has 2 aromatic rings. The van der Waals surface area contributed by atoms with Crippen LogP contribution in [-0.2, 0) is 11.3 Å². The van der Waals surface area contributed by atoms with E-state index in [9.17, 15) is 18.4 Å². The van der Waals surface area contributed by atoms with Gasteiger partial charge in [0.05, 0.1) is 12.2 Å². The summed E-state index contributed by atoms with van der Waals surface area (Å²) in [6.45, 7) is 0.0487. The Balaban J connectivity index is 2.19. The van der Waals surface area contributed by atoms with Gasteiger partial charge < -0.3 is 4.90 Å². The molecule has 2 N–H and O–H groups in total. The van der Waals surface area contributed by atoms with Gasteiger partial charge in [0.25, 0.3) is 5.91 Å². The smallest absolute Gasteiger partial charge is 0.274 e. The standard InChI is InChI=1S/C15H12F2N2O3/c16-12-5-6-14(13(17)7-12)19(9-20)8-10-1-3-11(4-2-10)15(21)18-22/h1-7,9,22H,8H2,(H,18,21). The van der Waals surface area contributed by atoms with E-state index in [4.69, 9.17) is 5.21 Å². The Kier molecular flexibility index (Phi) is 4.80. The van der Waals surface area contributed by atoms with Gasteiger partial charge in [-0.3, -0.25) is 14.8 Å². The van der Waals surface area contributed by atoms with Gasteiger partial charge in [-0.2, -0.15) is 0 Å². The highest BCUT2D eigenvalue weighted by atomic mass is 19.1. The molecule has 0 saturated heterocycles. The molecule has 0 aliphatic heterocycles. The molecule has 0 unspecified atom stereocenters. The second-order valence-electron chi connectivity index (χ2n) is 4.47. The third kappa shape index (κ3) is 3.44. The summed E-state index contributed by atoms with van der Waals surface area (Å²) >= 11 is 0. The first-order valence-corrected chi connectivity index (χ1v) is 6.25. The van der Waals surface area contributed by atoms with Crippen LogP contribution >= 0.6 is 0 Å². The summed E-state index contributed by atoms with van der Waals surface area (Å²) in [7, 11) is 0. The van der Waals surface area contributed by atoms with E-state index in [1.54, 1.807) is 12.1 Å². The Labute approximate surface area is 124 Å². The zero-order chi connectivity index (χ0) is 16.1. The largest absolute Gasteiger partial charge is 0.308 e. The molecule has 0 radical (unpaired) electrons. The molecular formula is C15H12F2N2O3. The van der Waals surface area contributed by atoms with Crippen LogP contribution in [0.5, 0.6) is 0 Å². The van der Waals surface area contributed by atoms with Crippen molar-refractivity contribution in [3.05, 3.63) is 65.2 Å². The van der Waals surface area contributed by atoms with E-state index >= 15 is 0 Å². The van der Waals surface area contributed by atoms with Crippen molar-refractivity contribution in [2.45, 2.75) is 6.54 Å². The fraction of sp³-hybridized carbons (Fsp3) is 0.0667. The van der Waals surface area contributed by atoms with Crippen LogP contribution in [0, 0.1) is 11.6 Å². The minimum absolute atomic E-state index is 0.0476. The van der Waals surface area contributed by atoms with Crippen LogP contribution in [0.2, 0.25) is 0 Å². The number of nitrogens with one attached hydrogen (secondary N) is 1. The molecule has 2 amide bonds. The molecule has 7 heteroatoms. The molecule has 2 aromatic carbocycles. The maximum absolute atomic E-state index is 13.7. The molecule has 0 atom stereocenters. The summed E-state index contributed by atoms with van der Waals surface area (Å²) in [5.41, 5.74) is 2.32. The lowest BCUT2D eigenvalue weighted by atomic mass is 10.1. The van der Waals surface area contributed by atoms with Crippen molar-refractivity contribution in [2.75, 3.05) is 4.90 Å². The normalized spacial score (nSPS) is 10.1. The van der Waals surface area contributed by atoms with E-state index in [0.717, 1.165) is 11.0 Å². The summed E-state index contributed by atoms with van der Waals surface area (Å²) in [5, 5.41) is 8.52. The SMILES string of the molecule is O=CN(Cc1ccc(C(=O)NO)cc1)c1ccc(F)cc1F. The number of rotatable bonds is 5. The summed E-state index contributed by atoms with van der Waals surface area (Å²) in [6, 6.07) is 8.94. The number of halogens is 2. The van der Waals surface area contributed by atoms with E-state index in [1.165, 1.54) is 23.7 Å². The summed E-state index contributed by atoms with van der Waals surface area (Å²) < 4.78 is 26.6. The Bertz CT molecular complexity index is 690. The van der Waals surface area contributed by atoms with Gasteiger partial charge in [-0.05, 0) is 29.8 Å². The molecule has 0 fully saturated rings. The van der Waals surface area contributed by atoms with Crippen LogP contribution in [0.3, 0.4) is 0 Å². The topological polar surface area (TPSA) is 69.6 Å². The fourth-order valence-corrected chi connectivity index (χ4v) is 1.92. The van der Waals surface area contributed by atoms with Crippen molar-refractivity contribution in [2.24, 2.45) is 0 Å². The second-order valence-corrected chi connectivity index (χ2v) is 4.47. The zero-order valence-corrected chi connectivity index (χ0v) is 11.3. The van der Waals surface area contributed by atoms with Gasteiger partial charge in [0, 0.05) is 11.6 Å². The minimum Gasteiger partial charge on any atom is -0.308 e. The van der Waals surface area contributed by atoms with Gasteiger partial charge in [0.1, 0.15) is 11.6 Å². The maximum Gasteiger partial charge on any atom is 0.274 e. The first-order chi connectivity index (χ1) is 10.5. The molecule has 0 heterocycles. The maximum atomic E-state index is 13.7. The third-order valence-corrected chi connectivity index (χ3v) is 3.02. The molecule has 5 nitrogen and oxygen atoms in total. The third-order valence-electron chi connectivity index (χ3n) is 3.02. The van der Waals surface area contributed by atoms with Crippen molar-refractivity contribution in [3.8, 4) is 0 Å². The molecule has 0 aliphatic carbocycles. The molecule has 22 heavy (non-hydrogen) atoms. The Morgan fingerprint density at radius 1 is 1.18 bits per heavy atom. The van der Waals surface area contributed by atoms with Gasteiger partial charge in [-0.15, -0.1) is 0 Å². The van der Waals surface area contributed by atoms with Crippen LogP contribution in [0.15, 0.2) is 42.5 Å². The van der Waals surface area contributed by atoms with E-state index in [-0.39, 0.29) is 17.8 Å². The lowest BCUT2D eigenvalue weighted by Crippen LogP contribution is -2.22. The van der Waals surface area contributed by atoms with Crippen LogP contribution in [0.1, 0.15) is 15.9 Å². The van der Waals surface area contributed by atoms with Crippen LogP contribution in [0.25, 0.3) is 0 Å². The molecule has 114 valence electrons. The van der Waals surface area contributed by atoms with Crippen molar-refractivity contribution >= 4 is 18.0 Å². The monoisotopic (exact) mass is 306 g/mol. The highest BCUT2D eigenvalue weighted by molar-refractivity contribution is 5.93. The number of amides is 2. The number of nitrogens with zero attached hydrogens (tertiary/aromatic N) is 1. The Hall–Kier alpha value is -2.80. The number of carbonyl (C=O) groups is 2. The summed E-state index contributed by atoms with van der Waals surface area (Å²) in [4.78, 5) is 23.4. The number of anilines is 1. The average molecular weight is 306 g/mol. The highest BCUT2D eigenvalue weighted by Crippen LogP contribution is 2.21. The van der Waals surface area contributed by atoms with Crippen molar-refractivity contribution in [3.63, 3.8) is 0 Å². The predicted molar refractivity (Wildman–Crippen MR) is 74.3 cm³/mol. The van der Waals surface area contributed by atoms with Crippen molar-refractivity contribution in [1.82, 2.24) is 5.48 Å². The molecular weight excluding hydrogens is 294 g/mol. The average Bonchev–Trinajstić information content (AvgIpc) is 2.53. The molecule has 0 aliphatic rings. The fourth-order valence-electron chi connectivity index (χ4n) is 1.92.